The van der Waals surface area contributed by atoms with E-state index in [0.29, 0.717) is 17.5 Å². The molecule has 0 saturated heterocycles. The van der Waals surface area contributed by atoms with Gasteiger partial charge in [-0.1, -0.05) is 18.2 Å². The third kappa shape index (κ3) is 3.01. The number of para-hydroxylation sites is 2. The molecule has 5 nitrogen and oxygen atoms in total. The Kier molecular flexibility index (Phi) is 4.20. The van der Waals surface area contributed by atoms with Gasteiger partial charge in [0, 0.05) is 12.7 Å². The summed E-state index contributed by atoms with van der Waals surface area (Å²) in [6.45, 7) is 2.70. The number of rotatable bonds is 3. The number of benzene rings is 1. The van der Waals surface area contributed by atoms with E-state index in [1.165, 1.54) is 0 Å². The number of nitrogens with zero attached hydrogens (tertiary/aromatic N) is 4. The molecular formula is C16H15N5S. The second-order valence-electron chi connectivity index (χ2n) is 4.61. The number of hydrogen-bond acceptors (Lipinski definition) is 4. The highest BCUT2D eigenvalue weighted by molar-refractivity contribution is 7.80. The zero-order chi connectivity index (χ0) is 15.4. The lowest BCUT2D eigenvalue weighted by Gasteiger charge is -2.22. The first kappa shape index (κ1) is 14.3. The fraction of sp³-hybridized carbons (Fsp3) is 0.125. The fourth-order valence-electron chi connectivity index (χ4n) is 2.10. The molecule has 0 aliphatic heterocycles. The van der Waals surface area contributed by atoms with Gasteiger partial charge in [0.25, 0.3) is 0 Å². The first-order valence-corrected chi connectivity index (χ1v) is 7.40. The van der Waals surface area contributed by atoms with Crippen molar-refractivity contribution >= 4 is 40.0 Å². The highest BCUT2D eigenvalue weighted by Gasteiger charge is 2.13. The summed E-state index contributed by atoms with van der Waals surface area (Å²) in [6.07, 6.45) is 3.45. The number of aromatic nitrogens is 3. The molecule has 1 aromatic carbocycles. The molecule has 0 bridgehead atoms. The molecule has 3 aromatic rings. The number of nitrogens with one attached hydrogen (secondary N) is 1. The summed E-state index contributed by atoms with van der Waals surface area (Å²) >= 11 is 5.47. The molecule has 0 amide bonds. The highest BCUT2D eigenvalue weighted by Crippen LogP contribution is 2.16. The van der Waals surface area contributed by atoms with Crippen LogP contribution in [0.5, 0.6) is 0 Å². The third-order valence-corrected chi connectivity index (χ3v) is 3.50. The van der Waals surface area contributed by atoms with Crippen molar-refractivity contribution in [1.29, 1.82) is 0 Å². The second-order valence-corrected chi connectivity index (χ2v) is 4.99. The van der Waals surface area contributed by atoms with Crippen LogP contribution in [0.1, 0.15) is 6.92 Å². The summed E-state index contributed by atoms with van der Waals surface area (Å²) in [7, 11) is 0. The summed E-state index contributed by atoms with van der Waals surface area (Å²) in [5, 5.41) is 3.66. The van der Waals surface area contributed by atoms with Gasteiger partial charge in [0.05, 0.1) is 17.2 Å². The maximum atomic E-state index is 5.47. The number of hydrogen-bond donors (Lipinski definition) is 1. The van der Waals surface area contributed by atoms with Crippen molar-refractivity contribution < 1.29 is 0 Å². The van der Waals surface area contributed by atoms with Gasteiger partial charge in [0.2, 0.25) is 0 Å². The Morgan fingerprint density at radius 3 is 2.59 bits per heavy atom. The van der Waals surface area contributed by atoms with E-state index in [0.717, 1.165) is 16.9 Å². The summed E-state index contributed by atoms with van der Waals surface area (Å²) in [4.78, 5) is 15.2. The Morgan fingerprint density at radius 1 is 1.09 bits per heavy atom. The zero-order valence-electron chi connectivity index (χ0n) is 12.1. The topological polar surface area (TPSA) is 53.9 Å². The molecule has 0 aliphatic carbocycles. The van der Waals surface area contributed by atoms with Crippen LogP contribution in [0.15, 0.2) is 54.9 Å². The molecule has 1 N–H and O–H groups in total. The van der Waals surface area contributed by atoms with E-state index in [4.69, 9.17) is 12.2 Å². The van der Waals surface area contributed by atoms with Crippen LogP contribution in [-0.2, 0) is 0 Å². The average molecular weight is 309 g/mol. The molecule has 22 heavy (non-hydrogen) atoms. The molecule has 2 aromatic heterocycles. The lowest BCUT2D eigenvalue weighted by atomic mass is 10.3. The van der Waals surface area contributed by atoms with E-state index in [2.05, 4.69) is 20.3 Å². The van der Waals surface area contributed by atoms with Crippen LogP contribution in [-0.4, -0.2) is 26.6 Å². The molecule has 0 radical (unpaired) electrons. The van der Waals surface area contributed by atoms with E-state index in [-0.39, 0.29) is 0 Å². The van der Waals surface area contributed by atoms with Gasteiger partial charge in [0.15, 0.2) is 10.9 Å². The fourth-order valence-corrected chi connectivity index (χ4v) is 2.43. The maximum absolute atomic E-state index is 5.47. The molecule has 2 heterocycles. The summed E-state index contributed by atoms with van der Waals surface area (Å²) in [5.41, 5.74) is 1.71. The van der Waals surface area contributed by atoms with Gasteiger partial charge in [-0.25, -0.2) is 9.97 Å². The van der Waals surface area contributed by atoms with Crippen molar-refractivity contribution in [3.8, 4) is 0 Å². The van der Waals surface area contributed by atoms with Gasteiger partial charge in [-0.05, 0) is 43.4 Å². The van der Waals surface area contributed by atoms with Crippen molar-refractivity contribution in [2.45, 2.75) is 6.92 Å². The van der Waals surface area contributed by atoms with Crippen LogP contribution < -0.4 is 10.2 Å². The first-order chi connectivity index (χ1) is 10.8. The van der Waals surface area contributed by atoms with Gasteiger partial charge in [-0.2, -0.15) is 0 Å². The van der Waals surface area contributed by atoms with E-state index in [1.807, 2.05) is 54.3 Å². The maximum Gasteiger partial charge on any atom is 0.180 e. The Hall–Kier alpha value is -2.60. The van der Waals surface area contributed by atoms with Crippen molar-refractivity contribution in [2.75, 3.05) is 16.8 Å². The van der Waals surface area contributed by atoms with Gasteiger partial charge < -0.3 is 10.2 Å². The largest absolute Gasteiger partial charge is 0.317 e. The molecule has 3 rings (SSSR count). The minimum absolute atomic E-state index is 0.547. The normalized spacial score (nSPS) is 10.4. The van der Waals surface area contributed by atoms with Crippen LogP contribution in [0.2, 0.25) is 0 Å². The van der Waals surface area contributed by atoms with Gasteiger partial charge in [-0.15, -0.1) is 0 Å². The van der Waals surface area contributed by atoms with Gasteiger partial charge in [0.1, 0.15) is 5.82 Å². The molecule has 0 saturated carbocycles. The van der Waals surface area contributed by atoms with Crippen molar-refractivity contribution in [1.82, 2.24) is 15.0 Å². The van der Waals surface area contributed by atoms with Gasteiger partial charge >= 0.3 is 0 Å². The average Bonchev–Trinajstić information content (AvgIpc) is 2.56. The molecule has 0 spiro atoms. The number of anilines is 2. The minimum atomic E-state index is 0.547. The molecular weight excluding hydrogens is 294 g/mol. The molecule has 6 heteroatoms. The third-order valence-electron chi connectivity index (χ3n) is 3.17. The van der Waals surface area contributed by atoms with E-state index in [1.54, 1.807) is 12.4 Å². The van der Waals surface area contributed by atoms with Crippen LogP contribution in [0.25, 0.3) is 11.0 Å². The SMILES string of the molecule is CCN(C(=S)Nc1ccccn1)c1cnc2ccccc2n1. The molecule has 0 fully saturated rings. The van der Waals surface area contributed by atoms with Crippen molar-refractivity contribution in [3.63, 3.8) is 0 Å². The minimum Gasteiger partial charge on any atom is -0.317 e. The summed E-state index contributed by atoms with van der Waals surface area (Å²) in [5.74, 6) is 1.43. The standard InChI is InChI=1S/C16H15N5S/c1-2-21(16(22)20-14-9-5-6-10-17-14)15-11-18-12-7-3-4-8-13(12)19-15/h3-11H,2H2,1H3,(H,17,20,22). The van der Waals surface area contributed by atoms with Crippen molar-refractivity contribution in [2.24, 2.45) is 0 Å². The second kappa shape index (κ2) is 6.44. The Labute approximate surface area is 134 Å². The van der Waals surface area contributed by atoms with Crippen molar-refractivity contribution in [3.05, 3.63) is 54.9 Å². The summed E-state index contributed by atoms with van der Waals surface area (Å²) < 4.78 is 0. The van der Waals surface area contributed by atoms with Crippen LogP contribution >= 0.6 is 12.2 Å². The Bertz CT molecular complexity index is 791. The zero-order valence-corrected chi connectivity index (χ0v) is 12.9. The monoisotopic (exact) mass is 309 g/mol. The van der Waals surface area contributed by atoms with Gasteiger partial charge in [-0.3, -0.25) is 4.98 Å². The Balaban J connectivity index is 1.87. The highest BCUT2D eigenvalue weighted by atomic mass is 32.1. The van der Waals surface area contributed by atoms with E-state index in [9.17, 15) is 0 Å². The lowest BCUT2D eigenvalue weighted by molar-refractivity contribution is 1.02. The first-order valence-electron chi connectivity index (χ1n) is 6.99. The smallest absolute Gasteiger partial charge is 0.180 e. The summed E-state index contributed by atoms with van der Waals surface area (Å²) in [6, 6.07) is 13.4. The van der Waals surface area contributed by atoms with E-state index >= 15 is 0 Å². The number of fused-ring (bicyclic) bond motifs is 1. The molecule has 0 unspecified atom stereocenters. The Morgan fingerprint density at radius 2 is 1.86 bits per heavy atom. The predicted octanol–water partition coefficient (Wildman–Crippen LogP) is 3.25. The molecule has 0 atom stereocenters. The quantitative estimate of drug-likeness (QED) is 0.750. The van der Waals surface area contributed by atoms with Crippen LogP contribution in [0, 0.1) is 0 Å². The number of pyridine rings is 1. The van der Waals surface area contributed by atoms with Crippen LogP contribution in [0.4, 0.5) is 11.6 Å². The molecule has 0 aliphatic rings. The lowest BCUT2D eigenvalue weighted by Crippen LogP contribution is -2.35. The van der Waals surface area contributed by atoms with Crippen LogP contribution in [0.3, 0.4) is 0 Å². The van der Waals surface area contributed by atoms with E-state index < -0.39 is 0 Å². The number of thiocarbonyl (C=S) groups is 1. The predicted molar refractivity (Wildman–Crippen MR) is 93.0 cm³/mol. The molecule has 110 valence electrons.